The quantitative estimate of drug-likeness (QED) is 0.909. The average Bonchev–Trinajstić information content (AvgIpc) is 2.48. The van der Waals surface area contributed by atoms with E-state index in [1.165, 1.54) is 6.07 Å². The first-order valence-electron chi connectivity index (χ1n) is 6.71. The summed E-state index contributed by atoms with van der Waals surface area (Å²) in [6.45, 7) is 3.71. The molecule has 1 heterocycles. The minimum absolute atomic E-state index is 0.171. The van der Waals surface area contributed by atoms with Gasteiger partial charge in [0.1, 0.15) is 11.6 Å². The van der Waals surface area contributed by atoms with Crippen LogP contribution in [0.3, 0.4) is 0 Å². The third-order valence-electron chi connectivity index (χ3n) is 3.23. The Bertz CT molecular complexity index is 560. The number of pyridine rings is 1. The molecule has 2 rings (SSSR count). The van der Waals surface area contributed by atoms with E-state index in [0.717, 1.165) is 12.1 Å². The molecule has 4 heteroatoms. The average molecular weight is 274 g/mol. The molecule has 2 N–H and O–H groups in total. The van der Waals surface area contributed by atoms with E-state index in [-0.39, 0.29) is 18.0 Å². The van der Waals surface area contributed by atoms with Gasteiger partial charge in [-0.3, -0.25) is 4.98 Å². The summed E-state index contributed by atoms with van der Waals surface area (Å²) in [5.41, 5.74) is 7.46. The third-order valence-corrected chi connectivity index (χ3v) is 3.23. The first-order valence-corrected chi connectivity index (χ1v) is 6.71. The lowest BCUT2D eigenvalue weighted by Crippen LogP contribution is -2.32. The maximum atomic E-state index is 13.3. The van der Waals surface area contributed by atoms with Crippen molar-refractivity contribution in [2.24, 2.45) is 5.73 Å². The molecule has 2 aromatic rings. The molecule has 0 aliphatic heterocycles. The van der Waals surface area contributed by atoms with E-state index in [4.69, 9.17) is 10.5 Å². The van der Waals surface area contributed by atoms with Gasteiger partial charge < -0.3 is 10.5 Å². The van der Waals surface area contributed by atoms with E-state index < -0.39 is 0 Å². The normalized spacial score (nSPS) is 13.8. The molecule has 2 unspecified atom stereocenters. The fourth-order valence-corrected chi connectivity index (χ4v) is 1.96. The number of hydrogen-bond donors (Lipinski definition) is 1. The van der Waals surface area contributed by atoms with Crippen molar-refractivity contribution in [2.75, 3.05) is 0 Å². The number of hydrogen-bond acceptors (Lipinski definition) is 3. The van der Waals surface area contributed by atoms with Gasteiger partial charge in [-0.05, 0) is 49.2 Å². The predicted octanol–water partition coefficient (Wildman–Crippen LogP) is 3.39. The SMILES string of the molecule is CCC(N)C(Oc1ccc(F)c(C)c1)c1ccccn1. The van der Waals surface area contributed by atoms with E-state index >= 15 is 0 Å². The third kappa shape index (κ3) is 3.33. The maximum Gasteiger partial charge on any atom is 0.155 e. The van der Waals surface area contributed by atoms with Gasteiger partial charge in [0, 0.05) is 12.2 Å². The molecular weight excluding hydrogens is 255 g/mol. The van der Waals surface area contributed by atoms with Gasteiger partial charge in [-0.2, -0.15) is 0 Å². The standard InChI is InChI=1S/C16H19FN2O/c1-3-14(18)16(15-6-4-5-9-19-15)20-12-7-8-13(17)11(2)10-12/h4-10,14,16H,3,18H2,1-2H3. The predicted molar refractivity (Wildman–Crippen MR) is 77.0 cm³/mol. The fourth-order valence-electron chi connectivity index (χ4n) is 1.96. The zero-order valence-electron chi connectivity index (χ0n) is 11.7. The van der Waals surface area contributed by atoms with Gasteiger partial charge in [0.25, 0.3) is 0 Å². The van der Waals surface area contributed by atoms with Crippen molar-refractivity contribution in [3.8, 4) is 5.75 Å². The Hall–Kier alpha value is -1.94. The van der Waals surface area contributed by atoms with E-state index in [1.54, 1.807) is 25.3 Å². The van der Waals surface area contributed by atoms with Crippen LogP contribution in [-0.4, -0.2) is 11.0 Å². The second-order valence-corrected chi connectivity index (χ2v) is 4.78. The molecule has 0 spiro atoms. The zero-order valence-corrected chi connectivity index (χ0v) is 11.7. The Morgan fingerprint density at radius 1 is 1.30 bits per heavy atom. The highest BCUT2D eigenvalue weighted by atomic mass is 19.1. The molecule has 0 saturated heterocycles. The van der Waals surface area contributed by atoms with Gasteiger partial charge in [-0.25, -0.2) is 4.39 Å². The largest absolute Gasteiger partial charge is 0.482 e. The van der Waals surface area contributed by atoms with Gasteiger partial charge in [-0.15, -0.1) is 0 Å². The van der Waals surface area contributed by atoms with E-state index in [2.05, 4.69) is 4.98 Å². The van der Waals surface area contributed by atoms with Crippen molar-refractivity contribution < 1.29 is 9.13 Å². The highest BCUT2D eigenvalue weighted by Crippen LogP contribution is 2.25. The molecule has 0 radical (unpaired) electrons. The Labute approximate surface area is 118 Å². The van der Waals surface area contributed by atoms with Crippen LogP contribution in [0.1, 0.15) is 30.7 Å². The van der Waals surface area contributed by atoms with Crippen molar-refractivity contribution >= 4 is 0 Å². The Balaban J connectivity index is 2.26. The van der Waals surface area contributed by atoms with Crippen molar-refractivity contribution in [3.05, 3.63) is 59.7 Å². The lowest BCUT2D eigenvalue weighted by Gasteiger charge is -2.24. The number of benzene rings is 1. The van der Waals surface area contributed by atoms with Crippen LogP contribution >= 0.6 is 0 Å². The zero-order chi connectivity index (χ0) is 14.5. The van der Waals surface area contributed by atoms with Crippen LogP contribution in [0.4, 0.5) is 4.39 Å². The number of rotatable bonds is 5. The molecule has 20 heavy (non-hydrogen) atoms. The molecule has 1 aromatic heterocycles. The minimum Gasteiger partial charge on any atom is -0.482 e. The van der Waals surface area contributed by atoms with Crippen molar-refractivity contribution in [1.29, 1.82) is 0 Å². The van der Waals surface area contributed by atoms with Crippen LogP contribution in [0.2, 0.25) is 0 Å². The summed E-state index contributed by atoms with van der Waals surface area (Å²) in [7, 11) is 0. The lowest BCUT2D eigenvalue weighted by molar-refractivity contribution is 0.166. The molecule has 0 aliphatic rings. The van der Waals surface area contributed by atoms with Gasteiger partial charge in [-0.1, -0.05) is 13.0 Å². The van der Waals surface area contributed by atoms with Crippen LogP contribution < -0.4 is 10.5 Å². The van der Waals surface area contributed by atoms with Crippen LogP contribution in [0, 0.1) is 12.7 Å². The number of aromatic nitrogens is 1. The minimum atomic E-state index is -0.342. The summed E-state index contributed by atoms with van der Waals surface area (Å²) >= 11 is 0. The van der Waals surface area contributed by atoms with Crippen LogP contribution in [-0.2, 0) is 0 Å². The van der Waals surface area contributed by atoms with Crippen LogP contribution in [0.5, 0.6) is 5.75 Å². The monoisotopic (exact) mass is 274 g/mol. The highest BCUT2D eigenvalue weighted by molar-refractivity contribution is 5.29. The van der Waals surface area contributed by atoms with Crippen molar-refractivity contribution in [3.63, 3.8) is 0 Å². The summed E-state index contributed by atoms with van der Waals surface area (Å²) in [6, 6.07) is 10.1. The molecule has 0 saturated carbocycles. The lowest BCUT2D eigenvalue weighted by atomic mass is 10.1. The summed E-state index contributed by atoms with van der Waals surface area (Å²) in [4.78, 5) is 4.31. The maximum absolute atomic E-state index is 13.3. The molecule has 1 aromatic carbocycles. The van der Waals surface area contributed by atoms with Gasteiger partial charge in [0.2, 0.25) is 0 Å². The topological polar surface area (TPSA) is 48.1 Å². The summed E-state index contributed by atoms with van der Waals surface area (Å²) in [6.07, 6.45) is 2.14. The number of halogens is 1. The van der Waals surface area contributed by atoms with Crippen LogP contribution in [0.25, 0.3) is 0 Å². The Kier molecular flexibility index (Phi) is 4.69. The van der Waals surface area contributed by atoms with Crippen LogP contribution in [0.15, 0.2) is 42.6 Å². The van der Waals surface area contributed by atoms with Crippen molar-refractivity contribution in [2.45, 2.75) is 32.4 Å². The van der Waals surface area contributed by atoms with E-state index in [0.29, 0.717) is 11.3 Å². The second kappa shape index (κ2) is 6.48. The summed E-state index contributed by atoms with van der Waals surface area (Å²) in [5.74, 6) is 0.356. The molecular formula is C16H19FN2O. The van der Waals surface area contributed by atoms with Crippen molar-refractivity contribution in [1.82, 2.24) is 4.98 Å². The first kappa shape index (κ1) is 14.5. The highest BCUT2D eigenvalue weighted by Gasteiger charge is 2.21. The molecule has 0 amide bonds. The summed E-state index contributed by atoms with van der Waals surface area (Å²) < 4.78 is 19.2. The van der Waals surface area contributed by atoms with E-state index in [1.807, 2.05) is 25.1 Å². The first-order chi connectivity index (χ1) is 9.61. The molecule has 0 aliphatic carbocycles. The molecule has 106 valence electrons. The van der Waals surface area contributed by atoms with Gasteiger partial charge in [0.05, 0.1) is 5.69 Å². The Morgan fingerprint density at radius 2 is 2.10 bits per heavy atom. The number of aryl methyl sites for hydroxylation is 1. The fraction of sp³-hybridized carbons (Fsp3) is 0.312. The van der Waals surface area contributed by atoms with E-state index in [9.17, 15) is 4.39 Å². The number of nitrogens with two attached hydrogens (primary N) is 1. The number of ether oxygens (including phenoxy) is 1. The van der Waals surface area contributed by atoms with Gasteiger partial charge >= 0.3 is 0 Å². The summed E-state index contributed by atoms with van der Waals surface area (Å²) in [5, 5.41) is 0. The van der Waals surface area contributed by atoms with Gasteiger partial charge in [0.15, 0.2) is 6.10 Å². The molecule has 0 fully saturated rings. The number of nitrogens with zero attached hydrogens (tertiary/aromatic N) is 1. The smallest absolute Gasteiger partial charge is 0.155 e. The molecule has 0 bridgehead atoms. The molecule has 2 atom stereocenters. The molecule has 3 nitrogen and oxygen atoms in total. The Morgan fingerprint density at radius 3 is 2.70 bits per heavy atom. The second-order valence-electron chi connectivity index (χ2n) is 4.78.